The van der Waals surface area contributed by atoms with E-state index in [0.29, 0.717) is 22.8 Å². The first-order valence-electron chi connectivity index (χ1n) is 6.11. The Labute approximate surface area is 116 Å². The molecule has 7 heteroatoms. The van der Waals surface area contributed by atoms with E-state index in [1.165, 1.54) is 6.07 Å². The summed E-state index contributed by atoms with van der Waals surface area (Å²) in [5.74, 6) is 0.210. The molecule has 7 nitrogen and oxygen atoms in total. The molecule has 1 aliphatic heterocycles. The molecule has 0 unspecified atom stereocenters. The SMILES string of the molecule is CC(C)(C)OC(=O)Nc1cc2c(cc1N)OCC(=O)N2. The maximum atomic E-state index is 11.7. The van der Waals surface area contributed by atoms with Gasteiger partial charge in [0.25, 0.3) is 5.91 Å². The van der Waals surface area contributed by atoms with Gasteiger partial charge in [0.2, 0.25) is 0 Å². The standard InChI is InChI=1S/C13H17N3O4/c1-13(2,3)20-12(18)16-8-5-9-10(4-7(8)14)19-6-11(17)15-9/h4-5H,6,14H2,1-3H3,(H,15,17)(H,16,18). The Bertz CT molecular complexity index is 563. The summed E-state index contributed by atoms with van der Waals surface area (Å²) in [5.41, 5.74) is 6.36. The van der Waals surface area contributed by atoms with Crippen LogP contribution in [0.2, 0.25) is 0 Å². The van der Waals surface area contributed by atoms with Crippen LogP contribution >= 0.6 is 0 Å². The monoisotopic (exact) mass is 279 g/mol. The number of hydrogen-bond acceptors (Lipinski definition) is 5. The van der Waals surface area contributed by atoms with Gasteiger partial charge in [-0.15, -0.1) is 0 Å². The van der Waals surface area contributed by atoms with Crippen molar-refractivity contribution in [2.75, 3.05) is 23.0 Å². The number of ether oxygens (including phenoxy) is 2. The Hall–Kier alpha value is -2.44. The van der Waals surface area contributed by atoms with E-state index < -0.39 is 11.7 Å². The molecule has 0 aromatic heterocycles. The maximum absolute atomic E-state index is 11.7. The zero-order chi connectivity index (χ0) is 14.9. The Morgan fingerprint density at radius 3 is 2.80 bits per heavy atom. The van der Waals surface area contributed by atoms with Crippen LogP contribution < -0.4 is 21.1 Å². The van der Waals surface area contributed by atoms with Crippen LogP contribution in [0.3, 0.4) is 0 Å². The average Bonchev–Trinajstić information content (AvgIpc) is 2.28. The summed E-state index contributed by atoms with van der Waals surface area (Å²) in [6, 6.07) is 3.08. The zero-order valence-electron chi connectivity index (χ0n) is 11.6. The quantitative estimate of drug-likeness (QED) is 0.682. The Balaban J connectivity index is 2.18. The molecule has 0 atom stereocenters. The van der Waals surface area contributed by atoms with E-state index >= 15 is 0 Å². The third-order valence-electron chi connectivity index (χ3n) is 2.42. The second-order valence-corrected chi connectivity index (χ2v) is 5.40. The van der Waals surface area contributed by atoms with E-state index in [2.05, 4.69) is 10.6 Å². The fourth-order valence-corrected chi connectivity index (χ4v) is 1.66. The first-order valence-corrected chi connectivity index (χ1v) is 6.11. The number of rotatable bonds is 1. The van der Waals surface area contributed by atoms with Gasteiger partial charge in [-0.2, -0.15) is 0 Å². The Kier molecular flexibility index (Phi) is 3.44. The van der Waals surface area contributed by atoms with Crippen molar-refractivity contribution in [1.29, 1.82) is 0 Å². The molecule has 1 aliphatic rings. The maximum Gasteiger partial charge on any atom is 0.412 e. The minimum atomic E-state index is -0.618. The van der Waals surface area contributed by atoms with Crippen LogP contribution in [0.5, 0.6) is 5.75 Å². The van der Waals surface area contributed by atoms with Crippen molar-refractivity contribution in [1.82, 2.24) is 0 Å². The highest BCUT2D eigenvalue weighted by Gasteiger charge is 2.20. The molecule has 0 spiro atoms. The molecule has 1 aromatic carbocycles. The number of nitrogens with two attached hydrogens (primary N) is 1. The van der Waals surface area contributed by atoms with Crippen molar-refractivity contribution in [3.05, 3.63) is 12.1 Å². The normalized spacial score (nSPS) is 13.8. The predicted molar refractivity (Wildman–Crippen MR) is 74.8 cm³/mol. The molecule has 4 N–H and O–H groups in total. The molecule has 0 saturated carbocycles. The van der Waals surface area contributed by atoms with Crippen LogP contribution in [0, 0.1) is 0 Å². The smallest absolute Gasteiger partial charge is 0.412 e. The average molecular weight is 279 g/mol. The molecular weight excluding hydrogens is 262 g/mol. The summed E-state index contributed by atoms with van der Waals surface area (Å²) in [7, 11) is 0. The molecule has 1 heterocycles. The van der Waals surface area contributed by atoms with Gasteiger partial charge in [-0.25, -0.2) is 4.79 Å². The van der Waals surface area contributed by atoms with E-state index in [1.807, 2.05) is 0 Å². The minimum Gasteiger partial charge on any atom is -0.482 e. The van der Waals surface area contributed by atoms with Crippen molar-refractivity contribution in [2.24, 2.45) is 0 Å². The van der Waals surface area contributed by atoms with E-state index in [4.69, 9.17) is 15.2 Å². The highest BCUT2D eigenvalue weighted by molar-refractivity contribution is 5.98. The van der Waals surface area contributed by atoms with E-state index in [-0.39, 0.29) is 12.5 Å². The number of benzene rings is 1. The Morgan fingerprint density at radius 2 is 2.15 bits per heavy atom. The molecule has 0 radical (unpaired) electrons. The third kappa shape index (κ3) is 3.31. The predicted octanol–water partition coefficient (Wildman–Crippen LogP) is 1.95. The van der Waals surface area contributed by atoms with E-state index in [9.17, 15) is 9.59 Å². The zero-order valence-corrected chi connectivity index (χ0v) is 11.6. The van der Waals surface area contributed by atoms with Crippen molar-refractivity contribution >= 4 is 29.1 Å². The number of fused-ring (bicyclic) bond motifs is 1. The molecule has 108 valence electrons. The van der Waals surface area contributed by atoms with Crippen LogP contribution in [-0.2, 0) is 9.53 Å². The van der Waals surface area contributed by atoms with Gasteiger partial charge in [-0.05, 0) is 26.8 Å². The molecule has 2 rings (SSSR count). The summed E-state index contributed by atoms with van der Waals surface area (Å²) >= 11 is 0. The molecule has 0 aliphatic carbocycles. The number of amides is 2. The van der Waals surface area contributed by atoms with Crippen molar-refractivity contribution in [3.63, 3.8) is 0 Å². The number of carbonyl (C=O) groups is 2. The van der Waals surface area contributed by atoms with Gasteiger partial charge in [-0.1, -0.05) is 0 Å². The van der Waals surface area contributed by atoms with Crippen LogP contribution in [0.15, 0.2) is 12.1 Å². The topological polar surface area (TPSA) is 103 Å². The summed E-state index contributed by atoms with van der Waals surface area (Å²) in [6.07, 6.45) is -0.618. The minimum absolute atomic E-state index is 0.0503. The van der Waals surface area contributed by atoms with Crippen molar-refractivity contribution < 1.29 is 19.1 Å². The summed E-state index contributed by atoms with van der Waals surface area (Å²) in [6.45, 7) is 5.23. The number of nitrogens with one attached hydrogen (secondary N) is 2. The number of anilines is 3. The number of carbonyl (C=O) groups excluding carboxylic acids is 2. The van der Waals surface area contributed by atoms with Gasteiger partial charge < -0.3 is 20.5 Å². The summed E-state index contributed by atoms with van der Waals surface area (Å²) in [4.78, 5) is 23.0. The largest absolute Gasteiger partial charge is 0.482 e. The molecule has 0 saturated heterocycles. The van der Waals surface area contributed by atoms with Gasteiger partial charge in [-0.3, -0.25) is 10.1 Å². The Morgan fingerprint density at radius 1 is 1.45 bits per heavy atom. The second kappa shape index (κ2) is 4.92. The van der Waals surface area contributed by atoms with Crippen molar-refractivity contribution in [3.8, 4) is 5.75 Å². The number of nitrogen functional groups attached to an aromatic ring is 1. The van der Waals surface area contributed by atoms with Crippen molar-refractivity contribution in [2.45, 2.75) is 26.4 Å². The van der Waals surface area contributed by atoms with Crippen LogP contribution in [0.25, 0.3) is 0 Å². The highest BCUT2D eigenvalue weighted by Crippen LogP contribution is 2.35. The van der Waals surface area contributed by atoms with E-state index in [1.54, 1.807) is 26.8 Å². The first kappa shape index (κ1) is 14.0. The lowest BCUT2D eigenvalue weighted by atomic mass is 10.2. The van der Waals surface area contributed by atoms with Gasteiger partial charge in [0, 0.05) is 6.07 Å². The van der Waals surface area contributed by atoms with Gasteiger partial charge >= 0.3 is 6.09 Å². The summed E-state index contributed by atoms with van der Waals surface area (Å²) < 4.78 is 10.4. The molecular formula is C13H17N3O4. The van der Waals surface area contributed by atoms with E-state index in [0.717, 1.165) is 0 Å². The van der Waals surface area contributed by atoms with Gasteiger partial charge in [0.05, 0.1) is 17.1 Å². The molecule has 2 amide bonds. The summed E-state index contributed by atoms with van der Waals surface area (Å²) in [5, 5.41) is 5.18. The van der Waals surface area contributed by atoms with Gasteiger partial charge in [0.1, 0.15) is 11.4 Å². The molecule has 0 fully saturated rings. The lowest BCUT2D eigenvalue weighted by Crippen LogP contribution is -2.28. The fourth-order valence-electron chi connectivity index (χ4n) is 1.66. The van der Waals surface area contributed by atoms with Crippen LogP contribution in [-0.4, -0.2) is 24.2 Å². The molecule has 1 aromatic rings. The number of hydrogen-bond donors (Lipinski definition) is 3. The molecule has 0 bridgehead atoms. The first-order chi connectivity index (χ1) is 9.24. The second-order valence-electron chi connectivity index (χ2n) is 5.40. The molecule has 20 heavy (non-hydrogen) atoms. The highest BCUT2D eigenvalue weighted by atomic mass is 16.6. The lowest BCUT2D eigenvalue weighted by molar-refractivity contribution is -0.118. The van der Waals surface area contributed by atoms with Crippen LogP contribution in [0.1, 0.15) is 20.8 Å². The fraction of sp³-hybridized carbons (Fsp3) is 0.385. The third-order valence-corrected chi connectivity index (χ3v) is 2.42. The van der Waals surface area contributed by atoms with Crippen LogP contribution in [0.4, 0.5) is 21.9 Å². The lowest BCUT2D eigenvalue weighted by Gasteiger charge is -2.22. The van der Waals surface area contributed by atoms with Gasteiger partial charge in [0.15, 0.2) is 6.61 Å².